The van der Waals surface area contributed by atoms with Gasteiger partial charge in [-0.25, -0.2) is 0 Å². The Bertz CT molecular complexity index is 2510. The molecule has 309 valence electrons. The fourth-order valence-corrected chi connectivity index (χ4v) is 12.2. The molecule has 1 atom stereocenters. The van der Waals surface area contributed by atoms with Crippen LogP contribution in [0.4, 0.5) is 4.39 Å². The van der Waals surface area contributed by atoms with Crippen LogP contribution in [-0.2, 0) is 26.5 Å². The molecule has 8 rings (SSSR count). The van der Waals surface area contributed by atoms with Crippen LogP contribution in [0.2, 0.25) is 17.3 Å². The largest absolute Gasteiger partial charge is 0.539 e. The van der Waals surface area contributed by atoms with E-state index in [4.69, 9.17) is 14.1 Å². The smallest absolute Gasteiger partial charge is 0.121 e. The van der Waals surface area contributed by atoms with Crippen molar-refractivity contribution >= 4 is 39.6 Å². The second kappa shape index (κ2) is 19.1. The van der Waals surface area contributed by atoms with Crippen LogP contribution in [0.3, 0.4) is 0 Å². The van der Waals surface area contributed by atoms with Crippen LogP contribution in [0.5, 0.6) is 5.75 Å². The SMILES string of the molecule is CC(C)Cc1cc(-c2[c-]cc(F)cc2)nc[c]1[Ge]([CH3])([CH3])[CH3].COc1c[c-]c(-c2cc(C(C)C3CCCCC3)ccn2)c2oc3cc(-c4c(C)cccc4C)ccc3c12.[Ir]. The van der Waals surface area contributed by atoms with Gasteiger partial charge in [-0.15, -0.1) is 12.1 Å². The Morgan fingerprint density at radius 3 is 2.27 bits per heavy atom. The van der Waals surface area contributed by atoms with E-state index in [-0.39, 0.29) is 25.9 Å². The average molecular weight is 1030 g/mol. The van der Waals surface area contributed by atoms with E-state index in [0.29, 0.717) is 11.8 Å². The maximum atomic E-state index is 13.0. The van der Waals surface area contributed by atoms with Gasteiger partial charge in [0, 0.05) is 37.4 Å². The molecule has 0 spiro atoms. The zero-order valence-electron chi connectivity index (χ0n) is 36.1. The molecule has 1 fully saturated rings. The Labute approximate surface area is 367 Å². The van der Waals surface area contributed by atoms with Crippen molar-refractivity contribution in [3.8, 4) is 39.4 Å². The quantitative estimate of drug-likeness (QED) is 0.107. The molecule has 59 heavy (non-hydrogen) atoms. The van der Waals surface area contributed by atoms with Gasteiger partial charge in [-0.1, -0.05) is 73.7 Å². The number of furan rings is 1. The molecule has 1 saturated carbocycles. The number of nitrogens with zero attached hydrogens (tertiary/aromatic N) is 2. The van der Waals surface area contributed by atoms with E-state index in [9.17, 15) is 4.39 Å². The van der Waals surface area contributed by atoms with Gasteiger partial charge in [-0.05, 0) is 84.0 Å². The Morgan fingerprint density at radius 1 is 0.864 bits per heavy atom. The van der Waals surface area contributed by atoms with Crippen molar-refractivity contribution in [2.24, 2.45) is 11.8 Å². The van der Waals surface area contributed by atoms with Gasteiger partial charge >= 0.3 is 130 Å². The molecule has 1 aliphatic rings. The van der Waals surface area contributed by atoms with Crippen LogP contribution in [0.15, 0.2) is 95.7 Å². The number of pyridine rings is 2. The zero-order valence-corrected chi connectivity index (χ0v) is 40.6. The summed E-state index contributed by atoms with van der Waals surface area (Å²) in [7, 11) is 1.71. The second-order valence-corrected chi connectivity index (χ2v) is 28.2. The molecule has 0 bridgehead atoms. The molecule has 4 nitrogen and oxygen atoms in total. The van der Waals surface area contributed by atoms with Crippen molar-refractivity contribution in [1.29, 1.82) is 0 Å². The van der Waals surface area contributed by atoms with Gasteiger partial charge in [0.05, 0.1) is 12.7 Å². The summed E-state index contributed by atoms with van der Waals surface area (Å²) in [4.78, 5) is 9.38. The fourth-order valence-electron chi connectivity index (χ4n) is 8.84. The number of aryl methyl sites for hydroxylation is 2. The molecule has 1 aliphatic carbocycles. The predicted octanol–water partition coefficient (Wildman–Crippen LogP) is 13.9. The molecule has 3 aromatic heterocycles. The number of hydrogen-bond acceptors (Lipinski definition) is 4. The van der Waals surface area contributed by atoms with E-state index in [1.165, 1.54) is 76.5 Å². The summed E-state index contributed by atoms with van der Waals surface area (Å²) in [5.74, 6) is 9.57. The molecule has 3 heterocycles. The molecule has 7 aromatic rings. The predicted molar refractivity (Wildman–Crippen MR) is 242 cm³/mol. The number of hydrogen-bond donors (Lipinski definition) is 0. The monoisotopic (exact) mass is 1030 g/mol. The number of ether oxygens (including phenoxy) is 1. The molecule has 0 saturated heterocycles. The van der Waals surface area contributed by atoms with E-state index in [0.717, 1.165) is 68.1 Å². The Balaban J connectivity index is 0.000000227. The van der Waals surface area contributed by atoms with Crippen LogP contribution in [0.25, 0.3) is 55.6 Å². The van der Waals surface area contributed by atoms with Crippen LogP contribution >= 0.6 is 0 Å². The first-order valence-corrected chi connectivity index (χ1v) is 28.3. The number of rotatable bonds is 9. The third-order valence-corrected chi connectivity index (χ3v) is 16.2. The number of benzene rings is 4. The van der Waals surface area contributed by atoms with E-state index in [1.54, 1.807) is 13.2 Å². The summed E-state index contributed by atoms with van der Waals surface area (Å²) in [5, 5.41) is 2.02. The third-order valence-electron chi connectivity index (χ3n) is 11.9. The molecular weight excluding hydrogens is 968 g/mol. The van der Waals surface area contributed by atoms with Gasteiger partial charge in [0.2, 0.25) is 0 Å². The fraction of sp³-hybridized carbons (Fsp3) is 0.346. The molecule has 0 aliphatic heterocycles. The van der Waals surface area contributed by atoms with Crippen LogP contribution < -0.4 is 9.13 Å². The van der Waals surface area contributed by atoms with Crippen LogP contribution in [-0.4, -0.2) is 30.3 Å². The third kappa shape index (κ3) is 9.93. The minimum Gasteiger partial charge on any atom is -0.539 e. The molecule has 0 amide bonds. The van der Waals surface area contributed by atoms with E-state index < -0.39 is 13.3 Å². The average Bonchev–Trinajstić information content (AvgIpc) is 3.59. The Hall–Kier alpha value is -4.10. The number of methoxy groups -OCH3 is 1. The second-order valence-electron chi connectivity index (χ2n) is 17.7. The Morgan fingerprint density at radius 2 is 1.61 bits per heavy atom. The van der Waals surface area contributed by atoms with Gasteiger partial charge in [0.1, 0.15) is 5.58 Å². The van der Waals surface area contributed by atoms with Gasteiger partial charge in [0.15, 0.2) is 0 Å². The van der Waals surface area contributed by atoms with E-state index >= 15 is 0 Å². The van der Waals surface area contributed by atoms with Crippen molar-refractivity contribution in [3.63, 3.8) is 0 Å². The number of fused-ring (bicyclic) bond motifs is 3. The van der Waals surface area contributed by atoms with Crippen LogP contribution in [0.1, 0.15) is 81.0 Å². The minimum absolute atomic E-state index is 0. The zero-order chi connectivity index (χ0) is 41.1. The summed E-state index contributed by atoms with van der Waals surface area (Å²) < 4.78 is 26.9. The molecule has 1 radical (unpaired) electrons. The summed E-state index contributed by atoms with van der Waals surface area (Å²) in [6.07, 6.45) is 11.8. The van der Waals surface area contributed by atoms with Crippen molar-refractivity contribution in [2.45, 2.75) is 96.3 Å². The van der Waals surface area contributed by atoms with Crippen molar-refractivity contribution in [2.75, 3.05) is 7.11 Å². The summed E-state index contributed by atoms with van der Waals surface area (Å²) in [6, 6.07) is 32.4. The van der Waals surface area contributed by atoms with Gasteiger partial charge in [-0.3, -0.25) is 0 Å². The van der Waals surface area contributed by atoms with Crippen LogP contribution in [0, 0.1) is 43.6 Å². The number of aromatic nitrogens is 2. The first-order chi connectivity index (χ1) is 27.8. The normalized spacial score (nSPS) is 13.9. The maximum absolute atomic E-state index is 13.0. The first-order valence-electron chi connectivity index (χ1n) is 21.0. The van der Waals surface area contributed by atoms with Gasteiger partial charge < -0.3 is 14.1 Å². The van der Waals surface area contributed by atoms with E-state index in [2.05, 4.69) is 124 Å². The summed E-state index contributed by atoms with van der Waals surface area (Å²) in [6.45, 7) is 11.2. The van der Waals surface area contributed by atoms with Gasteiger partial charge in [0.25, 0.3) is 0 Å². The Kier molecular flexibility index (Phi) is 14.4. The summed E-state index contributed by atoms with van der Waals surface area (Å²) in [5.41, 5.74) is 12.9. The molecule has 1 unspecified atom stereocenters. The van der Waals surface area contributed by atoms with Crippen molar-refractivity contribution in [3.05, 3.63) is 131 Å². The molecule has 7 heteroatoms. The number of halogens is 1. The first kappa shape index (κ1) is 44.5. The molecular formula is C52H57FGeIrN2O2-2. The topological polar surface area (TPSA) is 48.2 Å². The van der Waals surface area contributed by atoms with E-state index in [1.807, 2.05) is 18.5 Å². The van der Waals surface area contributed by atoms with Crippen molar-refractivity contribution in [1.82, 2.24) is 9.97 Å². The maximum Gasteiger partial charge on any atom is 0.121 e. The van der Waals surface area contributed by atoms with Crippen molar-refractivity contribution < 1.29 is 33.6 Å². The minimum atomic E-state index is -1.93. The summed E-state index contributed by atoms with van der Waals surface area (Å²) >= 11 is -1.93. The van der Waals surface area contributed by atoms with Gasteiger partial charge in [-0.2, -0.15) is 0 Å². The molecule has 4 aromatic carbocycles. The standard InChI is InChI=1S/C34H34NO2.C18H23FGeN.Ir/c1-21-9-8-10-22(2)32(21)26-13-14-28-31(20-26)37-34-27(15-16-30(36-4)33(28)34)29-19-25(17-18-35-29)23(3)24-11-6-5-7-12-24;1-13(2)10-15-11-18(14-6-8-16(19)9-7-14)21-12-17(15)20(3,4)5;/h8-10,13-14,16-20,23-24H,5-7,11-12H2,1-4H3;6,8-9,11-13H,10H2,1-5H3;/q2*-1;. The molecule has 0 N–H and O–H groups in total.